The Morgan fingerprint density at radius 3 is 2.32 bits per heavy atom. The van der Waals surface area contributed by atoms with Gasteiger partial charge in [0.2, 0.25) is 0 Å². The standard InChI is InChI=1S/C26H31F3N2O3/c1-13(2)20-18-19(17-15(32)11-24(3,4)23(33)21(17)31-20)25(9-5-6-10-25)34-22(18)14-7-8-16(30-12-14)26(27,28)29/h7-8,12-13,15,22-23,32-33H,5-6,9-11H2,1-4H3/t15-,22?,23-/m0/s1. The van der Waals surface area contributed by atoms with Crippen molar-refractivity contribution < 1.29 is 28.1 Å². The molecule has 2 N–H and O–H groups in total. The second-order valence-corrected chi connectivity index (χ2v) is 11.0. The quantitative estimate of drug-likeness (QED) is 0.556. The number of halogens is 3. The highest BCUT2D eigenvalue weighted by Crippen LogP contribution is 2.60. The highest BCUT2D eigenvalue weighted by molar-refractivity contribution is 5.54. The van der Waals surface area contributed by atoms with E-state index in [2.05, 4.69) is 4.98 Å². The summed E-state index contributed by atoms with van der Waals surface area (Å²) in [5.41, 5.74) is 2.02. The van der Waals surface area contributed by atoms with Crippen molar-refractivity contribution in [2.24, 2.45) is 5.41 Å². The number of aromatic nitrogens is 2. The Balaban J connectivity index is 1.76. The fraction of sp³-hybridized carbons (Fsp3) is 0.615. The van der Waals surface area contributed by atoms with E-state index < -0.39 is 41.2 Å². The van der Waals surface area contributed by atoms with Crippen LogP contribution in [0.15, 0.2) is 18.3 Å². The van der Waals surface area contributed by atoms with E-state index in [-0.39, 0.29) is 5.92 Å². The van der Waals surface area contributed by atoms with Gasteiger partial charge < -0.3 is 14.9 Å². The maximum absolute atomic E-state index is 13.1. The fourth-order valence-electron chi connectivity index (χ4n) is 6.10. The molecule has 1 fully saturated rings. The normalized spacial score (nSPS) is 27.3. The summed E-state index contributed by atoms with van der Waals surface area (Å²) in [6, 6.07) is 2.41. The van der Waals surface area contributed by atoms with Gasteiger partial charge in [-0.05, 0) is 42.2 Å². The van der Waals surface area contributed by atoms with Crippen LogP contribution in [0.2, 0.25) is 0 Å². The molecule has 1 spiro atoms. The molecule has 2 aromatic heterocycles. The Bertz CT molecular complexity index is 1110. The molecule has 1 aliphatic heterocycles. The molecular weight excluding hydrogens is 445 g/mol. The lowest BCUT2D eigenvalue weighted by atomic mass is 9.69. The molecule has 1 saturated carbocycles. The average Bonchev–Trinajstić information content (AvgIpc) is 3.36. The summed E-state index contributed by atoms with van der Waals surface area (Å²) in [4.78, 5) is 8.58. The summed E-state index contributed by atoms with van der Waals surface area (Å²) in [7, 11) is 0. The van der Waals surface area contributed by atoms with Gasteiger partial charge >= 0.3 is 6.18 Å². The number of rotatable bonds is 2. The van der Waals surface area contributed by atoms with Crippen LogP contribution in [0.1, 0.15) is 123 Å². The van der Waals surface area contributed by atoms with Gasteiger partial charge in [0, 0.05) is 28.6 Å². The maximum atomic E-state index is 13.1. The van der Waals surface area contributed by atoms with Gasteiger partial charge in [-0.15, -0.1) is 0 Å². The van der Waals surface area contributed by atoms with Crippen LogP contribution in [0.5, 0.6) is 0 Å². The summed E-state index contributed by atoms with van der Waals surface area (Å²) >= 11 is 0. The molecule has 2 aliphatic carbocycles. The minimum atomic E-state index is -4.52. The number of pyridine rings is 2. The Morgan fingerprint density at radius 2 is 1.76 bits per heavy atom. The Labute approximate surface area is 197 Å². The first-order chi connectivity index (χ1) is 15.9. The molecule has 0 amide bonds. The lowest BCUT2D eigenvalue weighted by molar-refractivity contribution is -0.141. The van der Waals surface area contributed by atoms with Crippen molar-refractivity contribution in [3.63, 3.8) is 0 Å². The van der Waals surface area contributed by atoms with E-state index in [1.807, 2.05) is 27.7 Å². The molecule has 5 nitrogen and oxygen atoms in total. The molecule has 3 atom stereocenters. The van der Waals surface area contributed by atoms with Gasteiger partial charge in [-0.25, -0.2) is 0 Å². The van der Waals surface area contributed by atoms with E-state index in [1.54, 1.807) is 0 Å². The number of ether oxygens (including phenoxy) is 1. The summed E-state index contributed by atoms with van der Waals surface area (Å²) in [5, 5.41) is 22.5. The van der Waals surface area contributed by atoms with Gasteiger partial charge in [-0.3, -0.25) is 9.97 Å². The highest BCUT2D eigenvalue weighted by Gasteiger charge is 2.54. The Morgan fingerprint density at radius 1 is 1.09 bits per heavy atom. The van der Waals surface area contributed by atoms with E-state index in [9.17, 15) is 23.4 Å². The summed E-state index contributed by atoms with van der Waals surface area (Å²) in [6.07, 6.45) is -1.74. The maximum Gasteiger partial charge on any atom is 0.433 e. The molecule has 3 aliphatic rings. The SMILES string of the molecule is CC(C)c1nc2c(c3c1C(c1ccc(C(F)(F)F)nc1)OC31CCCC1)[C@@H](O)CC(C)(C)[C@H]2O. The van der Waals surface area contributed by atoms with Gasteiger partial charge in [0.05, 0.1) is 17.4 Å². The van der Waals surface area contributed by atoms with Crippen molar-refractivity contribution in [3.8, 4) is 0 Å². The summed E-state index contributed by atoms with van der Waals surface area (Å²) in [5.74, 6) is -0.0153. The van der Waals surface area contributed by atoms with Crippen molar-refractivity contribution in [2.75, 3.05) is 0 Å². The van der Waals surface area contributed by atoms with Gasteiger partial charge in [0.1, 0.15) is 17.9 Å². The molecule has 3 heterocycles. The first-order valence-electron chi connectivity index (χ1n) is 12.0. The van der Waals surface area contributed by atoms with Crippen LogP contribution in [0.4, 0.5) is 13.2 Å². The third-order valence-corrected chi connectivity index (χ3v) is 7.78. The largest absolute Gasteiger partial charge is 0.433 e. The topological polar surface area (TPSA) is 75.5 Å². The third-order valence-electron chi connectivity index (χ3n) is 7.78. The first kappa shape index (κ1) is 23.7. The number of aliphatic hydroxyl groups is 2. The number of fused-ring (bicyclic) bond motifs is 4. The molecule has 34 heavy (non-hydrogen) atoms. The average molecular weight is 477 g/mol. The Hall–Kier alpha value is -2.03. The summed E-state index contributed by atoms with van der Waals surface area (Å²) in [6.45, 7) is 7.86. The molecule has 2 aromatic rings. The molecule has 0 aromatic carbocycles. The van der Waals surface area contributed by atoms with Crippen molar-refractivity contribution in [2.45, 2.75) is 95.8 Å². The molecule has 8 heteroatoms. The predicted molar refractivity (Wildman–Crippen MR) is 119 cm³/mol. The molecule has 184 valence electrons. The second-order valence-electron chi connectivity index (χ2n) is 11.0. The predicted octanol–water partition coefficient (Wildman–Crippen LogP) is 6.00. The smallest absolute Gasteiger partial charge is 0.388 e. The van der Waals surface area contributed by atoms with E-state index >= 15 is 0 Å². The van der Waals surface area contributed by atoms with E-state index in [0.717, 1.165) is 48.6 Å². The monoisotopic (exact) mass is 476 g/mol. The minimum absolute atomic E-state index is 0.0153. The van der Waals surface area contributed by atoms with Crippen LogP contribution in [0, 0.1) is 5.41 Å². The molecule has 0 bridgehead atoms. The van der Waals surface area contributed by atoms with Crippen molar-refractivity contribution >= 4 is 0 Å². The number of aliphatic hydroxyl groups excluding tert-OH is 2. The third kappa shape index (κ3) is 3.48. The van der Waals surface area contributed by atoms with Crippen LogP contribution in [0.25, 0.3) is 0 Å². The minimum Gasteiger partial charge on any atom is -0.388 e. The van der Waals surface area contributed by atoms with Crippen LogP contribution >= 0.6 is 0 Å². The van der Waals surface area contributed by atoms with E-state index in [4.69, 9.17) is 9.72 Å². The number of alkyl halides is 3. The van der Waals surface area contributed by atoms with Crippen LogP contribution in [-0.4, -0.2) is 20.2 Å². The lowest BCUT2D eigenvalue weighted by Gasteiger charge is -2.41. The van der Waals surface area contributed by atoms with Gasteiger partial charge in [0.15, 0.2) is 0 Å². The number of hydrogen-bond donors (Lipinski definition) is 2. The second kappa shape index (κ2) is 7.73. The summed E-state index contributed by atoms with van der Waals surface area (Å²) < 4.78 is 46.1. The molecule has 0 radical (unpaired) electrons. The number of hydrogen-bond acceptors (Lipinski definition) is 5. The number of nitrogens with zero attached hydrogens (tertiary/aromatic N) is 2. The zero-order valence-electron chi connectivity index (χ0n) is 19.9. The van der Waals surface area contributed by atoms with Crippen LogP contribution < -0.4 is 0 Å². The molecule has 0 saturated heterocycles. The van der Waals surface area contributed by atoms with Gasteiger partial charge in [0.25, 0.3) is 0 Å². The van der Waals surface area contributed by atoms with Gasteiger partial charge in [-0.1, -0.05) is 46.6 Å². The van der Waals surface area contributed by atoms with Crippen LogP contribution in [0.3, 0.4) is 0 Å². The van der Waals surface area contributed by atoms with E-state index in [0.29, 0.717) is 23.2 Å². The van der Waals surface area contributed by atoms with Crippen molar-refractivity contribution in [3.05, 3.63) is 57.7 Å². The van der Waals surface area contributed by atoms with Crippen molar-refractivity contribution in [1.29, 1.82) is 0 Å². The van der Waals surface area contributed by atoms with Crippen molar-refractivity contribution in [1.82, 2.24) is 9.97 Å². The van der Waals surface area contributed by atoms with Crippen LogP contribution in [-0.2, 0) is 16.5 Å². The first-order valence-corrected chi connectivity index (χ1v) is 12.0. The zero-order valence-corrected chi connectivity index (χ0v) is 19.9. The lowest BCUT2D eigenvalue weighted by Crippen LogP contribution is -2.35. The van der Waals surface area contributed by atoms with Gasteiger partial charge in [-0.2, -0.15) is 13.2 Å². The zero-order chi connectivity index (χ0) is 24.6. The molecular formula is C26H31F3N2O3. The Kier molecular flexibility index (Phi) is 5.39. The molecule has 5 rings (SSSR count). The molecule has 1 unspecified atom stereocenters. The fourth-order valence-corrected chi connectivity index (χ4v) is 6.10. The van der Waals surface area contributed by atoms with E-state index in [1.165, 1.54) is 12.3 Å². The highest BCUT2D eigenvalue weighted by atomic mass is 19.4.